The highest BCUT2D eigenvalue weighted by Gasteiger charge is 2.32. The van der Waals surface area contributed by atoms with Crippen LogP contribution in [0.4, 0.5) is 5.69 Å². The smallest absolute Gasteiger partial charge is 0.423 e. The Bertz CT molecular complexity index is 336. The van der Waals surface area contributed by atoms with Gasteiger partial charge in [-0.25, -0.2) is 0 Å². The third kappa shape index (κ3) is 1.40. The maximum Gasteiger partial charge on any atom is 0.493 e. The number of nitrogens with one attached hydrogen (secondary N) is 1. The van der Waals surface area contributed by atoms with Crippen molar-refractivity contribution >= 4 is 30.0 Å². The molecule has 0 bridgehead atoms. The molecule has 1 aliphatic heterocycles. The number of anilines is 1. The van der Waals surface area contributed by atoms with Gasteiger partial charge in [-0.05, 0) is 23.2 Å². The van der Waals surface area contributed by atoms with E-state index in [1.807, 2.05) is 0 Å². The van der Waals surface area contributed by atoms with Crippen molar-refractivity contribution in [3.63, 3.8) is 0 Å². The van der Waals surface area contributed by atoms with Gasteiger partial charge in [0.1, 0.15) is 6.23 Å². The number of rotatable bonds is 1. The molecule has 1 atom stereocenters. The molecule has 0 aliphatic carbocycles. The molecule has 0 fully saturated rings. The van der Waals surface area contributed by atoms with Crippen LogP contribution >= 0.6 is 11.8 Å². The van der Waals surface area contributed by atoms with E-state index >= 15 is 0 Å². The van der Waals surface area contributed by atoms with Crippen molar-refractivity contribution in [1.82, 2.24) is 0 Å². The van der Waals surface area contributed by atoms with Crippen LogP contribution < -0.4 is 16.0 Å². The van der Waals surface area contributed by atoms with E-state index in [2.05, 4.69) is 4.84 Å². The minimum Gasteiger partial charge on any atom is -0.423 e. The minimum atomic E-state index is -0.949. The number of fused-ring (bicyclic) bond motifs is 1. The molecule has 0 aromatic heterocycles. The van der Waals surface area contributed by atoms with Gasteiger partial charge in [0.15, 0.2) is 0 Å². The Hall–Kier alpha value is -0.745. The Morgan fingerprint density at radius 2 is 2.38 bits per heavy atom. The first kappa shape index (κ1) is 8.84. The predicted molar refractivity (Wildman–Crippen MR) is 51.5 cm³/mol. The van der Waals surface area contributed by atoms with Crippen LogP contribution in [0.25, 0.3) is 0 Å². The summed E-state index contributed by atoms with van der Waals surface area (Å²) in [4.78, 5) is 2.46. The molecule has 0 saturated carbocycles. The average Bonchev–Trinajstić information content (AvgIpc) is 2.42. The fourth-order valence-corrected chi connectivity index (χ4v) is 1.51. The van der Waals surface area contributed by atoms with Crippen molar-refractivity contribution in [3.8, 4) is 0 Å². The summed E-state index contributed by atoms with van der Waals surface area (Å²) in [5.74, 6) is 0. The average molecular weight is 198 g/mol. The lowest BCUT2D eigenvalue weighted by atomic mass is 9.79. The lowest BCUT2D eigenvalue weighted by Gasteiger charge is -2.04. The van der Waals surface area contributed by atoms with Crippen molar-refractivity contribution in [2.75, 3.05) is 4.84 Å². The molecule has 6 heteroatoms. The number of hydrogen-bond donors (Lipinski definition) is 3. The van der Waals surface area contributed by atoms with Crippen LogP contribution in [0.2, 0.25) is 0 Å². The summed E-state index contributed by atoms with van der Waals surface area (Å²) >= 11 is 5.41. The van der Waals surface area contributed by atoms with E-state index in [1.54, 1.807) is 18.2 Å². The fraction of sp³-hybridized carbons (Fsp3) is 0.143. The maximum absolute atomic E-state index is 9.40. The molecule has 0 radical (unpaired) electrons. The standard InChI is InChI=1S/C7H8BClN2O2/c9-11-4-1-2-5-6(3-4)8(12)13-7(5)10/h1-3,7,11-12H,10H2. The van der Waals surface area contributed by atoms with E-state index in [0.717, 1.165) is 5.56 Å². The molecule has 4 N–H and O–H groups in total. The Morgan fingerprint density at radius 3 is 3.08 bits per heavy atom. The summed E-state index contributed by atoms with van der Waals surface area (Å²) in [7, 11) is -0.949. The topological polar surface area (TPSA) is 67.5 Å². The molecule has 4 nitrogen and oxygen atoms in total. The summed E-state index contributed by atoms with van der Waals surface area (Å²) < 4.78 is 4.99. The number of nitrogens with two attached hydrogens (primary N) is 1. The largest absolute Gasteiger partial charge is 0.493 e. The zero-order valence-electron chi connectivity index (χ0n) is 6.70. The third-order valence-corrected chi connectivity index (χ3v) is 2.26. The molecule has 0 spiro atoms. The third-order valence-electron chi connectivity index (χ3n) is 2.04. The second kappa shape index (κ2) is 3.19. The van der Waals surface area contributed by atoms with E-state index in [-0.39, 0.29) is 0 Å². The molecular formula is C7H8BClN2O2. The van der Waals surface area contributed by atoms with E-state index in [1.165, 1.54) is 0 Å². The molecule has 68 valence electrons. The molecule has 13 heavy (non-hydrogen) atoms. The molecule has 1 aliphatic rings. The van der Waals surface area contributed by atoms with E-state index < -0.39 is 13.3 Å². The summed E-state index contributed by atoms with van der Waals surface area (Å²) in [5.41, 5.74) is 7.76. The van der Waals surface area contributed by atoms with Crippen molar-refractivity contribution in [1.29, 1.82) is 0 Å². The lowest BCUT2D eigenvalue weighted by Crippen LogP contribution is -2.28. The van der Waals surface area contributed by atoms with E-state index in [4.69, 9.17) is 22.2 Å². The quantitative estimate of drug-likeness (QED) is 0.436. The van der Waals surface area contributed by atoms with Crippen LogP contribution in [0.15, 0.2) is 18.2 Å². The summed E-state index contributed by atoms with van der Waals surface area (Å²) in [5, 5.41) is 9.40. The van der Waals surface area contributed by atoms with Crippen LogP contribution in [-0.2, 0) is 4.65 Å². The molecule has 2 rings (SSSR count). The van der Waals surface area contributed by atoms with Crippen LogP contribution in [0.1, 0.15) is 11.8 Å². The fourth-order valence-electron chi connectivity index (χ4n) is 1.39. The number of halogens is 1. The van der Waals surface area contributed by atoms with Gasteiger partial charge in [0, 0.05) is 17.5 Å². The van der Waals surface area contributed by atoms with Crippen LogP contribution in [0.5, 0.6) is 0 Å². The van der Waals surface area contributed by atoms with Crippen molar-refractivity contribution in [2.24, 2.45) is 5.73 Å². The second-order valence-electron chi connectivity index (χ2n) is 2.85. The Kier molecular flexibility index (Phi) is 2.17. The Balaban J connectivity index is 2.46. The van der Waals surface area contributed by atoms with Crippen LogP contribution in [0, 0.1) is 0 Å². The van der Waals surface area contributed by atoms with Crippen LogP contribution in [-0.4, -0.2) is 12.1 Å². The van der Waals surface area contributed by atoms with E-state index in [0.29, 0.717) is 11.2 Å². The summed E-state index contributed by atoms with van der Waals surface area (Å²) in [6.45, 7) is 0. The van der Waals surface area contributed by atoms with Crippen LogP contribution in [0.3, 0.4) is 0 Å². The van der Waals surface area contributed by atoms with Gasteiger partial charge in [-0.15, -0.1) is 0 Å². The SMILES string of the molecule is NC1OB(O)c2cc(NCl)ccc21. The Morgan fingerprint density at radius 1 is 1.62 bits per heavy atom. The zero-order valence-corrected chi connectivity index (χ0v) is 7.45. The van der Waals surface area contributed by atoms with Crippen molar-refractivity contribution < 1.29 is 9.68 Å². The van der Waals surface area contributed by atoms with Gasteiger partial charge < -0.3 is 15.4 Å². The van der Waals surface area contributed by atoms with Gasteiger partial charge in [0.2, 0.25) is 0 Å². The van der Waals surface area contributed by atoms with Gasteiger partial charge in [0.05, 0.1) is 0 Å². The molecular weight excluding hydrogens is 190 g/mol. The molecule has 0 amide bonds. The van der Waals surface area contributed by atoms with Gasteiger partial charge in [-0.2, -0.15) is 0 Å². The van der Waals surface area contributed by atoms with E-state index in [9.17, 15) is 5.02 Å². The summed E-state index contributed by atoms with van der Waals surface area (Å²) in [6, 6.07) is 5.26. The highest BCUT2D eigenvalue weighted by Crippen LogP contribution is 2.20. The molecule has 1 unspecified atom stereocenters. The monoisotopic (exact) mass is 198 g/mol. The first-order valence-corrected chi connectivity index (χ1v) is 4.20. The van der Waals surface area contributed by atoms with Crippen molar-refractivity contribution in [3.05, 3.63) is 23.8 Å². The highest BCUT2D eigenvalue weighted by molar-refractivity contribution is 6.61. The highest BCUT2D eigenvalue weighted by atomic mass is 35.5. The van der Waals surface area contributed by atoms with Gasteiger partial charge in [-0.3, -0.25) is 4.84 Å². The number of hydrogen-bond acceptors (Lipinski definition) is 4. The van der Waals surface area contributed by atoms with Crippen molar-refractivity contribution in [2.45, 2.75) is 6.23 Å². The zero-order chi connectivity index (χ0) is 9.42. The maximum atomic E-state index is 9.40. The van der Waals surface area contributed by atoms with Gasteiger partial charge in [0.25, 0.3) is 0 Å². The molecule has 0 saturated heterocycles. The van der Waals surface area contributed by atoms with Gasteiger partial charge >= 0.3 is 7.12 Å². The first-order chi connectivity index (χ1) is 6.22. The predicted octanol–water partition coefficient (Wildman–Crippen LogP) is -0.0727. The number of benzene rings is 1. The molecule has 1 heterocycles. The normalized spacial score (nSPS) is 20.2. The molecule has 1 aromatic rings. The molecule has 1 aromatic carbocycles. The summed E-state index contributed by atoms with van der Waals surface area (Å²) in [6.07, 6.45) is -0.547. The lowest BCUT2D eigenvalue weighted by molar-refractivity contribution is 0.198. The van der Waals surface area contributed by atoms with Gasteiger partial charge in [-0.1, -0.05) is 6.07 Å². The first-order valence-electron chi connectivity index (χ1n) is 3.82. The second-order valence-corrected chi connectivity index (χ2v) is 3.04. The minimum absolute atomic E-state index is 0.547. The Labute approximate surface area is 80.9 Å².